The van der Waals surface area contributed by atoms with Crippen LogP contribution in [0, 0.1) is 0 Å². The van der Waals surface area contributed by atoms with Gasteiger partial charge in [-0.15, -0.1) is 0 Å². The number of pyridine rings is 1. The molecule has 0 radical (unpaired) electrons. The molecule has 9 heteroatoms. The van der Waals surface area contributed by atoms with Crippen molar-refractivity contribution in [2.75, 3.05) is 31.6 Å². The number of rotatable bonds is 7. The minimum Gasteiger partial charge on any atom is -0.377 e. The third-order valence-electron chi connectivity index (χ3n) is 5.77. The Morgan fingerprint density at radius 1 is 1.29 bits per heavy atom. The molecule has 0 spiro atoms. The molecule has 1 atom stereocenters. The second kappa shape index (κ2) is 10.6. The van der Waals surface area contributed by atoms with Crippen LogP contribution in [0.1, 0.15) is 49.8 Å². The lowest BCUT2D eigenvalue weighted by molar-refractivity contribution is 0.177. The summed E-state index contributed by atoms with van der Waals surface area (Å²) in [5.74, 6) is 3.70. The van der Waals surface area contributed by atoms with Gasteiger partial charge in [0.05, 0.1) is 13.1 Å². The van der Waals surface area contributed by atoms with Gasteiger partial charge >= 0.3 is 0 Å². The fraction of sp³-hybridized carbons (Fsp3) is 0.636. The largest absolute Gasteiger partial charge is 0.377 e. The zero-order valence-electron chi connectivity index (χ0n) is 18.7. The first kappa shape index (κ1) is 21.5. The maximum absolute atomic E-state index is 5.16. The fourth-order valence-electron chi connectivity index (χ4n) is 4.21. The lowest BCUT2D eigenvalue weighted by Crippen LogP contribution is -2.47. The van der Waals surface area contributed by atoms with E-state index in [0.717, 1.165) is 62.4 Å². The zero-order chi connectivity index (χ0) is 21.5. The minimum atomic E-state index is 0.267. The van der Waals surface area contributed by atoms with Crippen LogP contribution in [0.3, 0.4) is 0 Å². The molecule has 4 rings (SSSR count). The number of methoxy groups -OCH3 is 1. The summed E-state index contributed by atoms with van der Waals surface area (Å²) in [6.07, 6.45) is 7.63. The van der Waals surface area contributed by atoms with Gasteiger partial charge < -0.3 is 20.3 Å². The highest BCUT2D eigenvalue weighted by atomic mass is 16.5. The molecule has 2 aromatic rings. The normalized spacial score (nSPS) is 19.2. The first-order valence-corrected chi connectivity index (χ1v) is 11.4. The van der Waals surface area contributed by atoms with E-state index in [2.05, 4.69) is 49.7 Å². The number of anilines is 1. The Kier molecular flexibility index (Phi) is 7.35. The molecule has 1 saturated heterocycles. The van der Waals surface area contributed by atoms with Gasteiger partial charge in [-0.3, -0.25) is 0 Å². The second-order valence-electron chi connectivity index (χ2n) is 8.20. The summed E-state index contributed by atoms with van der Waals surface area (Å²) in [7, 11) is 1.67. The molecule has 4 heterocycles. The molecule has 2 N–H and O–H groups in total. The molecular formula is C22H34N8O. The second-order valence-corrected chi connectivity index (χ2v) is 8.20. The topological polar surface area (TPSA) is 92.5 Å². The van der Waals surface area contributed by atoms with Crippen molar-refractivity contribution in [3.05, 3.63) is 35.5 Å². The Labute approximate surface area is 184 Å². The van der Waals surface area contributed by atoms with E-state index in [0.29, 0.717) is 13.2 Å². The maximum atomic E-state index is 5.16. The van der Waals surface area contributed by atoms with Crippen molar-refractivity contribution in [3.63, 3.8) is 0 Å². The molecule has 2 aliphatic heterocycles. The smallest absolute Gasteiger partial charge is 0.191 e. The third kappa shape index (κ3) is 5.72. The van der Waals surface area contributed by atoms with Crippen molar-refractivity contribution in [3.8, 4) is 0 Å². The number of aromatic nitrogens is 4. The fourth-order valence-corrected chi connectivity index (χ4v) is 4.21. The molecule has 31 heavy (non-hydrogen) atoms. The number of piperidine rings is 1. The predicted molar refractivity (Wildman–Crippen MR) is 121 cm³/mol. The van der Waals surface area contributed by atoms with Gasteiger partial charge in [0.1, 0.15) is 18.2 Å². The standard InChI is InChI=1S/C22H34N8O/c1-3-23-22(26-18-7-8-20-27-19(16-31-2)28-30(20)15-18)25-14-17-9-10-24-21(13-17)29-11-5-4-6-12-29/h9-10,13,18H,3-8,11-12,14-16H2,1-2H3,(H2,23,25,26). The quantitative estimate of drug-likeness (QED) is 0.516. The Bertz CT molecular complexity index is 874. The van der Waals surface area contributed by atoms with Gasteiger partial charge in [-0.1, -0.05) is 0 Å². The number of nitrogens with one attached hydrogen (secondary N) is 2. The van der Waals surface area contributed by atoms with Crippen LogP contribution in [0.2, 0.25) is 0 Å². The van der Waals surface area contributed by atoms with Gasteiger partial charge in [-0.05, 0) is 50.3 Å². The molecule has 168 valence electrons. The SMILES string of the molecule is CCNC(=NCc1ccnc(N2CCCCC2)c1)NC1CCc2nc(COC)nn2C1. The molecule has 0 bridgehead atoms. The first-order valence-electron chi connectivity index (χ1n) is 11.4. The van der Waals surface area contributed by atoms with Gasteiger partial charge in [-0.2, -0.15) is 5.10 Å². The van der Waals surface area contributed by atoms with E-state index in [9.17, 15) is 0 Å². The summed E-state index contributed by atoms with van der Waals surface area (Å²) in [6.45, 7) is 6.96. The van der Waals surface area contributed by atoms with Gasteiger partial charge in [0.15, 0.2) is 11.8 Å². The van der Waals surface area contributed by atoms with E-state index >= 15 is 0 Å². The number of hydrogen-bond donors (Lipinski definition) is 2. The molecule has 0 saturated carbocycles. The van der Waals surface area contributed by atoms with Crippen molar-refractivity contribution >= 4 is 11.8 Å². The van der Waals surface area contributed by atoms with Crippen LogP contribution in [0.15, 0.2) is 23.3 Å². The van der Waals surface area contributed by atoms with Gasteiger partial charge in [0, 0.05) is 45.4 Å². The summed E-state index contributed by atoms with van der Waals surface area (Å²) < 4.78 is 7.15. The van der Waals surface area contributed by atoms with Gasteiger partial charge in [0.25, 0.3) is 0 Å². The van der Waals surface area contributed by atoms with E-state index in [1.165, 1.54) is 24.8 Å². The lowest BCUT2D eigenvalue weighted by Gasteiger charge is -2.28. The molecular weight excluding hydrogens is 392 g/mol. The summed E-state index contributed by atoms with van der Waals surface area (Å²) in [5, 5.41) is 11.5. The highest BCUT2D eigenvalue weighted by molar-refractivity contribution is 5.80. The van der Waals surface area contributed by atoms with Crippen molar-refractivity contribution < 1.29 is 4.74 Å². The summed E-state index contributed by atoms with van der Waals surface area (Å²) in [6, 6.07) is 4.50. The average Bonchev–Trinajstić information content (AvgIpc) is 3.20. The molecule has 1 fully saturated rings. The number of aliphatic imine (C=N–C) groups is 1. The average molecular weight is 427 g/mol. The van der Waals surface area contributed by atoms with Crippen LogP contribution in [-0.4, -0.2) is 58.5 Å². The van der Waals surface area contributed by atoms with E-state index in [1.54, 1.807) is 7.11 Å². The summed E-state index contributed by atoms with van der Waals surface area (Å²) in [4.78, 5) is 16.4. The van der Waals surface area contributed by atoms with Crippen LogP contribution in [0.25, 0.3) is 0 Å². The molecule has 0 aliphatic carbocycles. The van der Waals surface area contributed by atoms with Crippen LogP contribution in [0.4, 0.5) is 5.82 Å². The van der Waals surface area contributed by atoms with Crippen LogP contribution in [0.5, 0.6) is 0 Å². The summed E-state index contributed by atoms with van der Waals surface area (Å²) in [5.41, 5.74) is 1.18. The van der Waals surface area contributed by atoms with Crippen LogP contribution < -0.4 is 15.5 Å². The molecule has 1 unspecified atom stereocenters. The predicted octanol–water partition coefficient (Wildman–Crippen LogP) is 1.88. The Morgan fingerprint density at radius 3 is 2.97 bits per heavy atom. The molecule has 2 aliphatic rings. The number of aryl methyl sites for hydroxylation is 1. The Morgan fingerprint density at radius 2 is 2.16 bits per heavy atom. The number of hydrogen-bond acceptors (Lipinski definition) is 6. The van der Waals surface area contributed by atoms with Crippen molar-refractivity contribution in [1.29, 1.82) is 0 Å². The maximum Gasteiger partial charge on any atom is 0.191 e. The van der Waals surface area contributed by atoms with Crippen LogP contribution >= 0.6 is 0 Å². The Hall–Kier alpha value is -2.68. The van der Waals surface area contributed by atoms with E-state index in [-0.39, 0.29) is 6.04 Å². The molecule has 9 nitrogen and oxygen atoms in total. The number of fused-ring (bicyclic) bond motifs is 1. The molecule has 2 aromatic heterocycles. The van der Waals surface area contributed by atoms with Crippen LogP contribution in [-0.2, 0) is 30.9 Å². The first-order chi connectivity index (χ1) is 15.2. The zero-order valence-corrected chi connectivity index (χ0v) is 18.7. The third-order valence-corrected chi connectivity index (χ3v) is 5.77. The van der Waals surface area contributed by atoms with E-state index in [1.807, 2.05) is 10.9 Å². The number of nitrogens with zero attached hydrogens (tertiary/aromatic N) is 6. The Balaban J connectivity index is 1.38. The van der Waals surface area contributed by atoms with Gasteiger partial charge in [0.2, 0.25) is 0 Å². The number of guanidine groups is 1. The van der Waals surface area contributed by atoms with Crippen molar-refractivity contribution in [1.82, 2.24) is 30.4 Å². The van der Waals surface area contributed by atoms with Crippen molar-refractivity contribution in [2.45, 2.75) is 64.8 Å². The lowest BCUT2D eigenvalue weighted by atomic mass is 10.1. The van der Waals surface area contributed by atoms with Crippen molar-refractivity contribution in [2.24, 2.45) is 4.99 Å². The van der Waals surface area contributed by atoms with E-state index in [4.69, 9.17) is 9.73 Å². The van der Waals surface area contributed by atoms with Gasteiger partial charge in [-0.25, -0.2) is 19.6 Å². The highest BCUT2D eigenvalue weighted by Crippen LogP contribution is 2.19. The minimum absolute atomic E-state index is 0.267. The monoisotopic (exact) mass is 426 g/mol. The highest BCUT2D eigenvalue weighted by Gasteiger charge is 2.22. The van der Waals surface area contributed by atoms with E-state index < -0.39 is 0 Å². The molecule has 0 aromatic carbocycles. The molecule has 0 amide bonds. The number of ether oxygens (including phenoxy) is 1. The summed E-state index contributed by atoms with van der Waals surface area (Å²) >= 11 is 0.